The van der Waals surface area contributed by atoms with E-state index < -0.39 is 0 Å². The molecule has 3 fully saturated rings. The summed E-state index contributed by atoms with van der Waals surface area (Å²) in [6, 6.07) is 7.52. The van der Waals surface area contributed by atoms with Gasteiger partial charge in [0.2, 0.25) is 17.7 Å². The first kappa shape index (κ1) is 20.0. The van der Waals surface area contributed by atoms with E-state index in [0.29, 0.717) is 5.69 Å². The van der Waals surface area contributed by atoms with Gasteiger partial charge in [-0.05, 0) is 49.0 Å². The van der Waals surface area contributed by atoms with Crippen molar-refractivity contribution in [1.82, 2.24) is 9.88 Å². The fourth-order valence-electron chi connectivity index (χ4n) is 5.86. The number of carbonyl (C=O) groups excluding carboxylic acids is 3. The van der Waals surface area contributed by atoms with Crippen LogP contribution in [-0.2, 0) is 14.4 Å². The van der Waals surface area contributed by atoms with Crippen LogP contribution in [0.2, 0.25) is 0 Å². The van der Waals surface area contributed by atoms with Crippen molar-refractivity contribution in [2.45, 2.75) is 30.0 Å². The topological polar surface area (TPSA) is 99.3 Å². The van der Waals surface area contributed by atoms with E-state index in [1.807, 2.05) is 31.2 Å². The maximum Gasteiger partial charge on any atom is 0.305 e. The summed E-state index contributed by atoms with van der Waals surface area (Å²) in [5, 5.41) is 3.85. The molecule has 1 aromatic carbocycles. The van der Waals surface area contributed by atoms with Crippen LogP contribution in [0.1, 0.15) is 23.3 Å². The number of rotatable bonds is 4. The summed E-state index contributed by atoms with van der Waals surface area (Å²) in [4.78, 5) is 55.6. The third kappa shape index (κ3) is 2.94. The molecule has 164 valence electrons. The number of aryl methyl sites for hydroxylation is 1. The number of benzene rings is 1. The molecule has 5 atom stereocenters. The fraction of sp³-hybridized carbons (Fsp3) is 0.391. The second-order valence-corrected chi connectivity index (χ2v) is 11.1. The summed E-state index contributed by atoms with van der Waals surface area (Å²) in [5.74, 6) is -0.984. The predicted octanol–water partition coefficient (Wildman–Crippen LogP) is 2.88. The average Bonchev–Trinajstić information content (AvgIpc) is 3.46. The van der Waals surface area contributed by atoms with Gasteiger partial charge in [-0.1, -0.05) is 40.8 Å². The minimum atomic E-state index is -0.326. The summed E-state index contributed by atoms with van der Waals surface area (Å²) in [7, 11) is 0. The molecule has 7 nitrogen and oxygen atoms in total. The van der Waals surface area contributed by atoms with E-state index in [2.05, 4.69) is 16.4 Å². The van der Waals surface area contributed by atoms with E-state index in [4.69, 9.17) is 0 Å². The van der Waals surface area contributed by atoms with Crippen LogP contribution in [0.3, 0.4) is 0 Å². The van der Waals surface area contributed by atoms with Gasteiger partial charge in [-0.3, -0.25) is 24.1 Å². The number of nitrogens with zero attached hydrogens (tertiary/aromatic N) is 1. The van der Waals surface area contributed by atoms with Gasteiger partial charge in [0.1, 0.15) is 0 Å². The lowest BCUT2D eigenvalue weighted by molar-refractivity contribution is -0.140. The molecule has 3 amide bonds. The highest BCUT2D eigenvalue weighted by Gasteiger charge is 2.66. The molecule has 2 aliphatic carbocycles. The van der Waals surface area contributed by atoms with Crippen LogP contribution >= 0.6 is 23.1 Å². The highest BCUT2D eigenvalue weighted by Crippen LogP contribution is 2.64. The molecule has 3 heterocycles. The number of hydrogen-bond acceptors (Lipinski definition) is 6. The smallest absolute Gasteiger partial charge is 0.305 e. The number of hydrogen-bond donors (Lipinski definition) is 2. The third-order valence-corrected chi connectivity index (χ3v) is 9.50. The van der Waals surface area contributed by atoms with Gasteiger partial charge < -0.3 is 10.3 Å². The molecule has 6 rings (SSSR count). The van der Waals surface area contributed by atoms with Gasteiger partial charge in [-0.25, -0.2) is 0 Å². The van der Waals surface area contributed by atoms with Gasteiger partial charge in [-0.2, -0.15) is 0 Å². The van der Waals surface area contributed by atoms with Crippen molar-refractivity contribution in [3.8, 4) is 0 Å². The number of nitrogens with one attached hydrogen (secondary N) is 2. The third-order valence-electron chi connectivity index (χ3n) is 7.10. The SMILES string of the molecule is Cc1cccc(NC(=O)CCN2C(=O)[C@H]3[C@H]4C[C@@H](C5=Cc6sc(=O)[nH]c6S[C@@H]54)[C@H]3C2=O)c1. The molecule has 2 N–H and O–H groups in total. The molecular weight excluding hydrogens is 446 g/mol. The molecule has 4 aliphatic rings. The van der Waals surface area contributed by atoms with Crippen molar-refractivity contribution in [3.63, 3.8) is 0 Å². The Kier molecular flexibility index (Phi) is 4.49. The maximum atomic E-state index is 13.2. The average molecular weight is 468 g/mol. The normalized spacial score (nSPS) is 29.6. The number of carbonyl (C=O) groups is 3. The number of imide groups is 1. The Morgan fingerprint density at radius 1 is 1.22 bits per heavy atom. The van der Waals surface area contributed by atoms with E-state index in [0.717, 1.165) is 21.9 Å². The minimum Gasteiger partial charge on any atom is -0.326 e. The van der Waals surface area contributed by atoms with Crippen molar-refractivity contribution in [2.24, 2.45) is 23.7 Å². The van der Waals surface area contributed by atoms with E-state index in [9.17, 15) is 19.2 Å². The number of amides is 3. The van der Waals surface area contributed by atoms with Crippen LogP contribution in [0.15, 0.2) is 39.7 Å². The Bertz CT molecular complexity index is 1260. The number of aromatic nitrogens is 1. The molecule has 2 aromatic rings. The van der Waals surface area contributed by atoms with Gasteiger partial charge in [0.15, 0.2) is 0 Å². The summed E-state index contributed by atoms with van der Waals surface area (Å²) in [5.41, 5.74) is 2.95. The molecule has 0 spiro atoms. The standard InChI is InChI=1S/C23H21N3O4S2/c1-10-3-2-4-11(7-10)24-16(27)5-6-26-21(28)17-12-8-14(18(17)22(26)29)19-13(12)9-15-20(32-19)25-23(30)31-15/h2-4,7,9,12,14,17-19H,5-6,8H2,1H3,(H,24,27)(H,25,30)/t12-,14+,17+,18-,19-/m0/s1. The van der Waals surface area contributed by atoms with Crippen LogP contribution < -0.4 is 10.2 Å². The van der Waals surface area contributed by atoms with Gasteiger partial charge in [-0.15, -0.1) is 0 Å². The molecule has 2 aliphatic heterocycles. The zero-order valence-corrected chi connectivity index (χ0v) is 18.9. The number of likely N-dealkylation sites (tertiary alicyclic amines) is 1. The first-order valence-corrected chi connectivity index (χ1v) is 12.4. The largest absolute Gasteiger partial charge is 0.326 e. The number of fused-ring (bicyclic) bond motifs is 9. The second kappa shape index (κ2) is 7.18. The molecule has 9 heteroatoms. The van der Waals surface area contributed by atoms with Crippen LogP contribution in [0.4, 0.5) is 5.69 Å². The van der Waals surface area contributed by atoms with Crippen LogP contribution in [0, 0.1) is 30.6 Å². The first-order chi connectivity index (χ1) is 15.4. The lowest BCUT2D eigenvalue weighted by atomic mass is 9.77. The van der Waals surface area contributed by atoms with E-state index in [-0.39, 0.29) is 64.5 Å². The maximum absolute atomic E-state index is 13.2. The van der Waals surface area contributed by atoms with E-state index >= 15 is 0 Å². The Morgan fingerprint density at radius 2 is 2.03 bits per heavy atom. The molecule has 2 saturated carbocycles. The van der Waals surface area contributed by atoms with Crippen LogP contribution in [0.25, 0.3) is 6.08 Å². The molecule has 0 radical (unpaired) electrons. The van der Waals surface area contributed by atoms with Gasteiger partial charge in [0.25, 0.3) is 0 Å². The Labute approximate surface area is 192 Å². The molecule has 0 unspecified atom stereocenters. The lowest BCUT2D eigenvalue weighted by Gasteiger charge is -2.32. The van der Waals surface area contributed by atoms with Crippen molar-refractivity contribution in [1.29, 1.82) is 0 Å². The summed E-state index contributed by atoms with van der Waals surface area (Å²) >= 11 is 2.82. The summed E-state index contributed by atoms with van der Waals surface area (Å²) in [6.07, 6.45) is 2.99. The molecular formula is C23H21N3O4S2. The summed E-state index contributed by atoms with van der Waals surface area (Å²) < 4.78 is 0. The van der Waals surface area contributed by atoms with Gasteiger partial charge >= 0.3 is 4.87 Å². The summed E-state index contributed by atoms with van der Waals surface area (Å²) in [6.45, 7) is 2.06. The lowest BCUT2D eigenvalue weighted by Crippen LogP contribution is -2.35. The van der Waals surface area contributed by atoms with Crippen molar-refractivity contribution < 1.29 is 14.4 Å². The van der Waals surface area contributed by atoms with Crippen molar-refractivity contribution in [3.05, 3.63) is 49.9 Å². The second-order valence-electron chi connectivity index (χ2n) is 8.94. The Balaban J connectivity index is 1.17. The molecule has 32 heavy (non-hydrogen) atoms. The quantitative estimate of drug-likeness (QED) is 0.674. The van der Waals surface area contributed by atoms with Gasteiger partial charge in [0, 0.05) is 23.9 Å². The fourth-order valence-corrected chi connectivity index (χ4v) is 8.30. The highest BCUT2D eigenvalue weighted by molar-refractivity contribution is 8.00. The first-order valence-electron chi connectivity index (χ1n) is 10.7. The molecule has 2 bridgehead atoms. The monoisotopic (exact) mass is 467 g/mol. The minimum absolute atomic E-state index is 0.0513. The Hall–Kier alpha value is -2.65. The highest BCUT2D eigenvalue weighted by atomic mass is 32.2. The number of aromatic amines is 1. The zero-order valence-electron chi connectivity index (χ0n) is 17.3. The molecule has 1 saturated heterocycles. The van der Waals surface area contributed by atoms with E-state index in [1.165, 1.54) is 21.8 Å². The number of thiazole rings is 1. The van der Waals surface area contributed by atoms with Crippen molar-refractivity contribution in [2.75, 3.05) is 11.9 Å². The van der Waals surface area contributed by atoms with E-state index in [1.54, 1.807) is 11.8 Å². The number of anilines is 1. The number of thioether (sulfide) groups is 1. The molecule has 1 aromatic heterocycles. The predicted molar refractivity (Wildman–Crippen MR) is 122 cm³/mol. The van der Waals surface area contributed by atoms with Crippen LogP contribution in [0.5, 0.6) is 0 Å². The van der Waals surface area contributed by atoms with Crippen molar-refractivity contribution >= 4 is 52.6 Å². The Morgan fingerprint density at radius 3 is 2.84 bits per heavy atom. The van der Waals surface area contributed by atoms with Crippen LogP contribution in [-0.4, -0.2) is 39.4 Å². The zero-order chi connectivity index (χ0) is 22.1. The van der Waals surface area contributed by atoms with Gasteiger partial charge in [0.05, 0.1) is 21.7 Å². The number of H-pyrrole nitrogens is 1.